The Morgan fingerprint density at radius 2 is 1.75 bits per heavy atom. The van der Waals surface area contributed by atoms with Crippen molar-refractivity contribution in [2.24, 2.45) is 17.8 Å². The number of nitrogens with zero attached hydrogens (tertiary/aromatic N) is 3. The third-order valence-electron chi connectivity index (χ3n) is 10.7. The van der Waals surface area contributed by atoms with Gasteiger partial charge in [-0.1, -0.05) is 25.0 Å². The Morgan fingerprint density at radius 1 is 1.00 bits per heavy atom. The molecule has 1 amide bonds. The van der Waals surface area contributed by atoms with Crippen LogP contribution in [0.4, 0.5) is 23.4 Å². The molecule has 0 saturated heterocycles. The molecule has 3 aromatic rings. The summed E-state index contributed by atoms with van der Waals surface area (Å²) in [5.74, 6) is -1.68. The molecule has 0 radical (unpaired) electrons. The number of amides is 1. The molecule has 48 heavy (non-hydrogen) atoms. The number of fused-ring (bicyclic) bond motifs is 2. The lowest BCUT2D eigenvalue weighted by Crippen LogP contribution is -2.53. The van der Waals surface area contributed by atoms with Crippen LogP contribution in [0.25, 0.3) is 11.1 Å². The van der Waals surface area contributed by atoms with Gasteiger partial charge in [0.15, 0.2) is 0 Å². The quantitative estimate of drug-likeness (QED) is 0.191. The van der Waals surface area contributed by atoms with Crippen LogP contribution in [0.3, 0.4) is 0 Å². The fourth-order valence-corrected chi connectivity index (χ4v) is 8.27. The second-order valence-electron chi connectivity index (χ2n) is 14.7. The molecule has 0 spiro atoms. The molecule has 2 bridgehead atoms. The van der Waals surface area contributed by atoms with Gasteiger partial charge in [0, 0.05) is 48.5 Å². The lowest BCUT2D eigenvalue weighted by atomic mass is 9.57. The van der Waals surface area contributed by atoms with E-state index in [0.717, 1.165) is 68.0 Å². The van der Waals surface area contributed by atoms with E-state index in [1.165, 1.54) is 12.3 Å². The number of hydrogen-bond acceptors (Lipinski definition) is 5. The summed E-state index contributed by atoms with van der Waals surface area (Å²) in [6, 6.07) is 14.9. The van der Waals surface area contributed by atoms with Gasteiger partial charge in [-0.3, -0.25) is 14.7 Å². The molecule has 6 nitrogen and oxygen atoms in total. The number of rotatable bonds is 11. The molecule has 3 aliphatic rings. The van der Waals surface area contributed by atoms with Gasteiger partial charge in [0.2, 0.25) is 5.91 Å². The normalized spacial score (nSPS) is 27.1. The van der Waals surface area contributed by atoms with Crippen molar-refractivity contribution in [2.75, 3.05) is 11.4 Å². The number of hydrogen-bond donors (Lipinski definition) is 0. The monoisotopic (exact) mass is 667 g/mol. The van der Waals surface area contributed by atoms with Gasteiger partial charge in [0.25, 0.3) is 5.92 Å². The summed E-state index contributed by atoms with van der Waals surface area (Å²) >= 11 is 0. The smallest absolute Gasteiger partial charge is 0.345 e. The summed E-state index contributed by atoms with van der Waals surface area (Å²) in [5, 5.41) is 0. The first kappa shape index (κ1) is 34.3. The number of alkyl halides is 4. The van der Waals surface area contributed by atoms with Crippen LogP contribution in [-0.4, -0.2) is 40.7 Å². The molecule has 10 heteroatoms. The molecule has 3 unspecified atom stereocenters. The molecular weight excluding hydrogens is 622 g/mol. The molecule has 3 fully saturated rings. The third kappa shape index (κ3) is 7.38. The van der Waals surface area contributed by atoms with Crippen LogP contribution in [0.5, 0.6) is 5.75 Å². The summed E-state index contributed by atoms with van der Waals surface area (Å²) < 4.78 is 64.6. The average molecular weight is 668 g/mol. The predicted molar refractivity (Wildman–Crippen MR) is 176 cm³/mol. The molecule has 0 aliphatic heterocycles. The maximum Gasteiger partial charge on any atom is 0.345 e. The highest BCUT2D eigenvalue weighted by atomic mass is 19.3. The van der Waals surface area contributed by atoms with Gasteiger partial charge in [-0.2, -0.15) is 8.78 Å². The fraction of sp³-hybridized carbons (Fsp3) is 0.553. The van der Waals surface area contributed by atoms with E-state index in [2.05, 4.69) is 9.97 Å². The van der Waals surface area contributed by atoms with Gasteiger partial charge in [-0.05, 0) is 119 Å². The van der Waals surface area contributed by atoms with Crippen LogP contribution >= 0.6 is 0 Å². The van der Waals surface area contributed by atoms with Crippen LogP contribution < -0.4 is 9.64 Å². The largest absolute Gasteiger partial charge is 0.491 e. The van der Waals surface area contributed by atoms with Gasteiger partial charge in [-0.25, -0.2) is 13.8 Å². The topological polar surface area (TPSA) is 64.5 Å². The molecule has 258 valence electrons. The van der Waals surface area contributed by atoms with Crippen molar-refractivity contribution in [3.63, 3.8) is 0 Å². The van der Waals surface area contributed by atoms with Gasteiger partial charge in [0.05, 0.1) is 11.7 Å². The highest BCUT2D eigenvalue weighted by Gasteiger charge is 2.50. The zero-order valence-corrected chi connectivity index (χ0v) is 28.1. The summed E-state index contributed by atoms with van der Waals surface area (Å²) in [6.45, 7) is 4.04. The minimum atomic E-state index is -2.94. The summed E-state index contributed by atoms with van der Waals surface area (Å²) in [6.07, 6.45) is 9.09. The molecule has 2 heterocycles. The van der Waals surface area contributed by atoms with Gasteiger partial charge in [0.1, 0.15) is 11.6 Å². The van der Waals surface area contributed by atoms with Crippen molar-refractivity contribution in [1.82, 2.24) is 9.97 Å². The van der Waals surface area contributed by atoms with E-state index in [9.17, 15) is 22.4 Å². The van der Waals surface area contributed by atoms with Crippen LogP contribution in [0.1, 0.15) is 90.3 Å². The Bertz CT molecular complexity index is 1570. The van der Waals surface area contributed by atoms with E-state index in [0.29, 0.717) is 18.3 Å². The maximum absolute atomic E-state index is 14.2. The lowest BCUT2D eigenvalue weighted by molar-refractivity contribution is -0.237. The molecule has 3 atom stereocenters. The van der Waals surface area contributed by atoms with Crippen LogP contribution in [-0.2, 0) is 20.9 Å². The van der Waals surface area contributed by atoms with E-state index >= 15 is 0 Å². The van der Waals surface area contributed by atoms with Crippen LogP contribution in [0.2, 0.25) is 0 Å². The molecule has 6 rings (SSSR count). The first-order chi connectivity index (χ1) is 22.7. The number of carbonyl (C=O) groups excluding carboxylic acids is 1. The number of carbonyl (C=O) groups is 1. The van der Waals surface area contributed by atoms with Gasteiger partial charge < -0.3 is 9.47 Å². The Balaban J connectivity index is 1.24. The van der Waals surface area contributed by atoms with E-state index in [1.807, 2.05) is 50.2 Å². The Morgan fingerprint density at radius 3 is 2.40 bits per heavy atom. The number of pyridine rings is 2. The standard InChI is InChI=1S/C38H45F4N3O3/c1-24(2)47-31-10-7-25(8-11-31)26-14-17-43-33(18-26)45(34(46)29-19-36(3,20-29)48-35(39)40)23-28-13-16-38(15-5-6-27(28)21-38)32-12-9-30(22-44-32)37(4,41)42/h7-12,14,17-18,22,24,27-29,35H,5-6,13,15-16,19-21,23H2,1-4H3. The number of ether oxygens (including phenoxy) is 2. The second-order valence-corrected chi connectivity index (χ2v) is 14.7. The van der Waals surface area contributed by atoms with Crippen molar-refractivity contribution >= 4 is 11.7 Å². The van der Waals surface area contributed by atoms with Crippen molar-refractivity contribution in [1.29, 1.82) is 0 Å². The van der Waals surface area contributed by atoms with Crippen LogP contribution in [0.15, 0.2) is 60.9 Å². The number of halogens is 4. The lowest BCUT2D eigenvalue weighted by Gasteiger charge is -2.50. The van der Waals surface area contributed by atoms with E-state index < -0.39 is 24.1 Å². The molecular formula is C38H45F4N3O3. The number of benzene rings is 1. The van der Waals surface area contributed by atoms with E-state index in [-0.39, 0.29) is 41.7 Å². The van der Waals surface area contributed by atoms with Crippen molar-refractivity contribution in [3.8, 4) is 16.9 Å². The SMILES string of the molecule is CC(C)Oc1ccc(-c2ccnc(N(CC3CCC4(c5ccc(C(C)(F)F)cn5)CCCC3C4)C(=O)C3CC(C)(OC(F)F)C3)c2)cc1. The maximum atomic E-state index is 14.2. The van der Waals surface area contributed by atoms with E-state index in [1.54, 1.807) is 24.1 Å². The summed E-state index contributed by atoms with van der Waals surface area (Å²) in [7, 11) is 0. The first-order valence-electron chi connectivity index (χ1n) is 17.1. The summed E-state index contributed by atoms with van der Waals surface area (Å²) in [4.78, 5) is 25.2. The van der Waals surface area contributed by atoms with Gasteiger partial charge >= 0.3 is 6.61 Å². The zero-order chi connectivity index (χ0) is 34.3. The minimum Gasteiger partial charge on any atom is -0.491 e. The summed E-state index contributed by atoms with van der Waals surface area (Å²) in [5.41, 5.74) is 1.45. The van der Waals surface area contributed by atoms with Crippen molar-refractivity contribution in [2.45, 2.75) is 109 Å². The first-order valence-corrected chi connectivity index (χ1v) is 17.1. The average Bonchev–Trinajstić information content (AvgIpc) is 3.03. The molecule has 0 N–H and O–H groups in total. The van der Waals surface area contributed by atoms with Crippen molar-refractivity contribution < 1.29 is 31.8 Å². The van der Waals surface area contributed by atoms with E-state index in [4.69, 9.17) is 9.47 Å². The second kappa shape index (κ2) is 13.4. The van der Waals surface area contributed by atoms with Crippen molar-refractivity contribution in [3.05, 3.63) is 72.2 Å². The third-order valence-corrected chi connectivity index (χ3v) is 10.7. The molecule has 1 aromatic carbocycles. The fourth-order valence-electron chi connectivity index (χ4n) is 8.27. The Labute approximate surface area is 280 Å². The molecule has 3 saturated carbocycles. The van der Waals surface area contributed by atoms with Crippen LogP contribution in [0, 0.1) is 17.8 Å². The number of anilines is 1. The Kier molecular flexibility index (Phi) is 9.59. The minimum absolute atomic E-state index is 0.0578. The predicted octanol–water partition coefficient (Wildman–Crippen LogP) is 9.32. The zero-order valence-electron chi connectivity index (χ0n) is 28.1. The molecule has 2 aromatic heterocycles. The Hall–Kier alpha value is -3.53. The highest BCUT2D eigenvalue weighted by molar-refractivity contribution is 5.95. The highest BCUT2D eigenvalue weighted by Crippen LogP contribution is 2.53. The van der Waals surface area contributed by atoms with Gasteiger partial charge in [-0.15, -0.1) is 0 Å². The number of aromatic nitrogens is 2. The molecule has 3 aliphatic carbocycles.